The molecule has 0 heterocycles. The SMILES string of the molecule is COc1ccc(OC)c(C(C)NC(=O)COC(=O)Cc2ccccc2C)c1. The van der Waals surface area contributed by atoms with Crippen molar-refractivity contribution in [3.8, 4) is 11.5 Å². The standard InChI is InChI=1S/C21H25NO5/c1-14-7-5-6-8-16(14)11-21(24)27-13-20(23)22-15(2)18-12-17(25-3)9-10-19(18)26-4/h5-10,12,15H,11,13H2,1-4H3,(H,22,23). The van der Waals surface area contributed by atoms with Crippen molar-refractivity contribution in [3.05, 3.63) is 59.2 Å². The third kappa shape index (κ3) is 5.74. The van der Waals surface area contributed by atoms with Gasteiger partial charge in [0.15, 0.2) is 6.61 Å². The molecule has 0 fully saturated rings. The van der Waals surface area contributed by atoms with Crippen molar-refractivity contribution < 1.29 is 23.8 Å². The zero-order valence-electron chi connectivity index (χ0n) is 16.1. The molecular formula is C21H25NO5. The zero-order valence-corrected chi connectivity index (χ0v) is 16.1. The monoisotopic (exact) mass is 371 g/mol. The van der Waals surface area contributed by atoms with Crippen LogP contribution in [0.4, 0.5) is 0 Å². The average Bonchev–Trinajstić information content (AvgIpc) is 2.67. The van der Waals surface area contributed by atoms with E-state index in [0.717, 1.165) is 16.7 Å². The summed E-state index contributed by atoms with van der Waals surface area (Å²) in [4.78, 5) is 24.1. The Labute approximate surface area is 159 Å². The molecule has 0 aromatic heterocycles. The van der Waals surface area contributed by atoms with Gasteiger partial charge in [-0.2, -0.15) is 0 Å². The van der Waals surface area contributed by atoms with Crippen LogP contribution in [0.15, 0.2) is 42.5 Å². The number of esters is 1. The lowest BCUT2D eigenvalue weighted by Gasteiger charge is -2.18. The Morgan fingerprint density at radius 1 is 1.07 bits per heavy atom. The van der Waals surface area contributed by atoms with E-state index < -0.39 is 5.97 Å². The fraction of sp³-hybridized carbons (Fsp3) is 0.333. The summed E-state index contributed by atoms with van der Waals surface area (Å²) < 4.78 is 15.6. The first kappa shape index (κ1) is 20.3. The first-order valence-electron chi connectivity index (χ1n) is 8.66. The molecule has 1 unspecified atom stereocenters. The molecule has 27 heavy (non-hydrogen) atoms. The van der Waals surface area contributed by atoms with Crippen LogP contribution in [-0.4, -0.2) is 32.7 Å². The second-order valence-electron chi connectivity index (χ2n) is 6.16. The Bertz CT molecular complexity index is 803. The largest absolute Gasteiger partial charge is 0.497 e. The van der Waals surface area contributed by atoms with Gasteiger partial charge in [-0.15, -0.1) is 0 Å². The summed E-state index contributed by atoms with van der Waals surface area (Å²) in [6.45, 7) is 3.42. The van der Waals surface area contributed by atoms with Gasteiger partial charge in [0.05, 0.1) is 26.7 Å². The Morgan fingerprint density at radius 3 is 2.48 bits per heavy atom. The predicted molar refractivity (Wildman–Crippen MR) is 102 cm³/mol. The van der Waals surface area contributed by atoms with Gasteiger partial charge >= 0.3 is 5.97 Å². The van der Waals surface area contributed by atoms with Crippen LogP contribution < -0.4 is 14.8 Å². The molecule has 6 nitrogen and oxygen atoms in total. The van der Waals surface area contributed by atoms with Crippen LogP contribution in [0.25, 0.3) is 0 Å². The van der Waals surface area contributed by atoms with E-state index in [1.54, 1.807) is 32.4 Å². The Kier molecular flexibility index (Phi) is 7.23. The smallest absolute Gasteiger partial charge is 0.310 e. The molecule has 144 valence electrons. The number of carbonyl (C=O) groups is 2. The van der Waals surface area contributed by atoms with Gasteiger partial charge in [0.1, 0.15) is 11.5 Å². The first-order chi connectivity index (χ1) is 12.9. The number of ether oxygens (including phenoxy) is 3. The second kappa shape index (κ2) is 9.62. The molecule has 0 spiro atoms. The van der Waals surface area contributed by atoms with Crippen LogP contribution in [0.5, 0.6) is 11.5 Å². The minimum Gasteiger partial charge on any atom is -0.497 e. The van der Waals surface area contributed by atoms with Crippen molar-refractivity contribution >= 4 is 11.9 Å². The molecule has 1 N–H and O–H groups in total. The van der Waals surface area contributed by atoms with Crippen LogP contribution in [0.3, 0.4) is 0 Å². The van der Waals surface area contributed by atoms with Gasteiger partial charge < -0.3 is 19.5 Å². The van der Waals surface area contributed by atoms with E-state index >= 15 is 0 Å². The summed E-state index contributed by atoms with van der Waals surface area (Å²) in [5.41, 5.74) is 2.67. The molecule has 0 radical (unpaired) electrons. The van der Waals surface area contributed by atoms with Crippen LogP contribution in [-0.2, 0) is 20.7 Å². The first-order valence-corrected chi connectivity index (χ1v) is 8.66. The molecule has 2 rings (SSSR count). The molecule has 0 saturated heterocycles. The van der Waals surface area contributed by atoms with Gasteiger partial charge in [-0.25, -0.2) is 0 Å². The summed E-state index contributed by atoms with van der Waals surface area (Å²) in [7, 11) is 3.13. The topological polar surface area (TPSA) is 73.9 Å². The van der Waals surface area contributed by atoms with E-state index in [4.69, 9.17) is 14.2 Å². The highest BCUT2D eigenvalue weighted by Gasteiger charge is 2.16. The maximum atomic E-state index is 12.1. The highest BCUT2D eigenvalue weighted by atomic mass is 16.5. The third-order valence-corrected chi connectivity index (χ3v) is 4.24. The third-order valence-electron chi connectivity index (χ3n) is 4.24. The molecular weight excluding hydrogens is 346 g/mol. The summed E-state index contributed by atoms with van der Waals surface area (Å²) >= 11 is 0. The highest BCUT2D eigenvalue weighted by molar-refractivity contribution is 5.81. The molecule has 0 aliphatic carbocycles. The molecule has 2 aromatic rings. The molecule has 1 amide bonds. The average molecular weight is 371 g/mol. The second-order valence-corrected chi connectivity index (χ2v) is 6.16. The molecule has 6 heteroatoms. The number of benzene rings is 2. The quantitative estimate of drug-likeness (QED) is 0.722. The van der Waals surface area contributed by atoms with Crippen molar-refractivity contribution in [2.24, 2.45) is 0 Å². The molecule has 0 bridgehead atoms. The zero-order chi connectivity index (χ0) is 19.8. The molecule has 0 saturated carbocycles. The maximum Gasteiger partial charge on any atom is 0.310 e. The number of amides is 1. The lowest BCUT2D eigenvalue weighted by atomic mass is 10.1. The van der Waals surface area contributed by atoms with E-state index in [1.807, 2.05) is 38.1 Å². The van der Waals surface area contributed by atoms with Crippen LogP contribution in [0, 0.1) is 6.92 Å². The van der Waals surface area contributed by atoms with Gasteiger partial charge in [0, 0.05) is 5.56 Å². The van der Waals surface area contributed by atoms with Crippen molar-refractivity contribution in [1.82, 2.24) is 5.32 Å². The minimum atomic E-state index is -0.439. The van der Waals surface area contributed by atoms with Crippen LogP contribution >= 0.6 is 0 Å². The van der Waals surface area contributed by atoms with E-state index in [2.05, 4.69) is 5.32 Å². The lowest BCUT2D eigenvalue weighted by Crippen LogP contribution is -2.31. The number of aryl methyl sites for hydroxylation is 1. The normalized spacial score (nSPS) is 11.4. The summed E-state index contributed by atoms with van der Waals surface area (Å²) in [5, 5.41) is 2.80. The van der Waals surface area contributed by atoms with Crippen molar-refractivity contribution in [2.75, 3.05) is 20.8 Å². The van der Waals surface area contributed by atoms with Crippen molar-refractivity contribution in [2.45, 2.75) is 26.3 Å². The van der Waals surface area contributed by atoms with Gasteiger partial charge in [0.25, 0.3) is 5.91 Å². The number of methoxy groups -OCH3 is 2. The van der Waals surface area contributed by atoms with E-state index in [0.29, 0.717) is 11.5 Å². The lowest BCUT2D eigenvalue weighted by molar-refractivity contribution is -0.148. The Balaban J connectivity index is 1.90. The molecule has 0 aliphatic heterocycles. The van der Waals surface area contributed by atoms with Crippen LogP contribution in [0.2, 0.25) is 0 Å². The fourth-order valence-corrected chi connectivity index (χ4v) is 2.70. The Hall–Kier alpha value is -3.02. The van der Waals surface area contributed by atoms with Gasteiger partial charge in [-0.3, -0.25) is 9.59 Å². The van der Waals surface area contributed by atoms with Gasteiger partial charge in [-0.05, 0) is 43.2 Å². The summed E-state index contributed by atoms with van der Waals surface area (Å²) in [5.74, 6) is 0.480. The van der Waals surface area contributed by atoms with E-state index in [-0.39, 0.29) is 25.0 Å². The van der Waals surface area contributed by atoms with Crippen molar-refractivity contribution in [3.63, 3.8) is 0 Å². The Morgan fingerprint density at radius 2 is 1.81 bits per heavy atom. The molecule has 0 aliphatic rings. The van der Waals surface area contributed by atoms with E-state index in [9.17, 15) is 9.59 Å². The molecule has 1 atom stereocenters. The number of rotatable bonds is 8. The number of nitrogens with one attached hydrogen (secondary N) is 1. The summed E-state index contributed by atoms with van der Waals surface area (Å²) in [6, 6.07) is 12.6. The maximum absolute atomic E-state index is 12.1. The fourth-order valence-electron chi connectivity index (χ4n) is 2.70. The van der Waals surface area contributed by atoms with E-state index in [1.165, 1.54) is 0 Å². The number of carbonyl (C=O) groups excluding carboxylic acids is 2. The van der Waals surface area contributed by atoms with Gasteiger partial charge in [-0.1, -0.05) is 24.3 Å². The predicted octanol–water partition coefficient (Wildman–Crippen LogP) is 2.98. The number of hydrogen-bond donors (Lipinski definition) is 1. The molecule has 2 aromatic carbocycles. The summed E-state index contributed by atoms with van der Waals surface area (Å²) in [6.07, 6.45) is 0.138. The highest BCUT2D eigenvalue weighted by Crippen LogP contribution is 2.29. The van der Waals surface area contributed by atoms with Crippen LogP contribution in [0.1, 0.15) is 29.7 Å². The van der Waals surface area contributed by atoms with Crippen molar-refractivity contribution in [1.29, 1.82) is 0 Å². The van der Waals surface area contributed by atoms with Gasteiger partial charge in [0.2, 0.25) is 0 Å². The minimum absolute atomic E-state index is 0.138. The number of hydrogen-bond acceptors (Lipinski definition) is 5.